The van der Waals surface area contributed by atoms with Crippen molar-refractivity contribution in [3.63, 3.8) is 0 Å². The zero-order chi connectivity index (χ0) is 42.6. The standard InChI is InChI=1S/C44H70O16/c1-19-8-13-44(53-18-19)20(2)30-27(60-44)15-26-24-7-6-22-14-23(9-11-42(22,4)25(24)10-12-43(26,30)5)55-41-38(59-39-35(51)33(49)31(47)21(3)54-39)36(52)37(29(17-46)57-41)58-40-34(50)32(48)28(16-45)56-40/h6,19-21,23-41,45-52H,7-18H2,1-5H3/t19-,20+,21+,23+,24-,25+,26+,27+,28+,29-,30?,31+,32+,33-,34-,35-,36+,37-,38-,39+,40+,41-,42+,43+,44-/m1/s1. The first-order valence-electron chi connectivity index (χ1n) is 22.8. The van der Waals surface area contributed by atoms with E-state index < -0.39 is 105 Å². The minimum absolute atomic E-state index is 0.0141. The van der Waals surface area contributed by atoms with Crippen molar-refractivity contribution in [3.05, 3.63) is 11.6 Å². The first-order chi connectivity index (χ1) is 28.5. The van der Waals surface area contributed by atoms with Crippen LogP contribution in [0.15, 0.2) is 11.6 Å². The van der Waals surface area contributed by atoms with Crippen LogP contribution in [0.3, 0.4) is 0 Å². The molecule has 16 nitrogen and oxygen atoms in total. The predicted octanol–water partition coefficient (Wildman–Crippen LogP) is 0.853. The number of hydrogen-bond donors (Lipinski definition) is 8. The number of aliphatic hydroxyl groups excluding tert-OH is 8. The molecule has 5 aliphatic heterocycles. The summed E-state index contributed by atoms with van der Waals surface area (Å²) < 4.78 is 49.9. The Hall–Kier alpha value is -0.900. The Morgan fingerprint density at radius 1 is 0.700 bits per heavy atom. The van der Waals surface area contributed by atoms with Crippen LogP contribution in [-0.4, -0.2) is 165 Å². The lowest BCUT2D eigenvalue weighted by atomic mass is 9.47. The fourth-order valence-corrected chi connectivity index (χ4v) is 13.8. The fraction of sp³-hybridized carbons (Fsp3) is 0.955. The van der Waals surface area contributed by atoms with Gasteiger partial charge in [0.25, 0.3) is 0 Å². The summed E-state index contributed by atoms with van der Waals surface area (Å²) in [6, 6.07) is 0. The second-order valence-corrected chi connectivity index (χ2v) is 20.6. The van der Waals surface area contributed by atoms with Crippen molar-refractivity contribution in [1.29, 1.82) is 0 Å². The molecule has 9 rings (SSSR count). The summed E-state index contributed by atoms with van der Waals surface area (Å²) in [5, 5.41) is 84.8. The molecule has 60 heavy (non-hydrogen) atoms. The van der Waals surface area contributed by atoms with E-state index in [1.54, 1.807) is 0 Å². The highest BCUT2D eigenvalue weighted by Crippen LogP contribution is 2.70. The average Bonchev–Trinajstić information content (AvgIpc) is 3.79. The van der Waals surface area contributed by atoms with Crippen LogP contribution < -0.4 is 0 Å². The molecule has 0 aromatic carbocycles. The molecule has 0 bridgehead atoms. The first kappa shape index (κ1) is 44.3. The van der Waals surface area contributed by atoms with Crippen LogP contribution >= 0.6 is 0 Å². The van der Waals surface area contributed by atoms with Crippen molar-refractivity contribution < 1.29 is 78.7 Å². The van der Waals surface area contributed by atoms with Crippen molar-refractivity contribution in [2.75, 3.05) is 19.8 Å². The van der Waals surface area contributed by atoms with Crippen molar-refractivity contribution in [1.82, 2.24) is 0 Å². The highest BCUT2D eigenvalue weighted by atomic mass is 16.8. The number of aliphatic hydroxyl groups is 8. The first-order valence-corrected chi connectivity index (χ1v) is 22.8. The maximum atomic E-state index is 11.9. The van der Waals surface area contributed by atoms with Gasteiger partial charge in [-0.3, -0.25) is 0 Å². The fourth-order valence-electron chi connectivity index (χ4n) is 13.8. The van der Waals surface area contributed by atoms with E-state index in [-0.39, 0.29) is 23.0 Å². The smallest absolute Gasteiger partial charge is 0.187 e. The molecule has 25 atom stereocenters. The number of allylic oxidation sites excluding steroid dienone is 1. The van der Waals surface area contributed by atoms with Gasteiger partial charge in [0.05, 0.1) is 38.1 Å². The molecule has 0 amide bonds. The molecule has 9 aliphatic rings. The third-order valence-corrected chi connectivity index (χ3v) is 17.3. The molecule has 1 unspecified atom stereocenters. The molecule has 1 spiro atoms. The van der Waals surface area contributed by atoms with Gasteiger partial charge in [-0.25, -0.2) is 0 Å². The summed E-state index contributed by atoms with van der Waals surface area (Å²) in [7, 11) is 0. The number of hydrogen-bond acceptors (Lipinski definition) is 16. The van der Waals surface area contributed by atoms with Gasteiger partial charge in [0.15, 0.2) is 24.7 Å². The lowest BCUT2D eigenvalue weighted by molar-refractivity contribution is -0.380. The monoisotopic (exact) mass is 854 g/mol. The second-order valence-electron chi connectivity index (χ2n) is 20.6. The van der Waals surface area contributed by atoms with Crippen molar-refractivity contribution >= 4 is 0 Å². The minimum Gasteiger partial charge on any atom is -0.394 e. The van der Waals surface area contributed by atoms with Crippen LogP contribution in [0.5, 0.6) is 0 Å². The maximum Gasteiger partial charge on any atom is 0.187 e. The van der Waals surface area contributed by atoms with E-state index in [2.05, 4.69) is 33.8 Å². The normalized spacial score (nSPS) is 57.7. The summed E-state index contributed by atoms with van der Waals surface area (Å²) >= 11 is 0. The zero-order valence-electron chi connectivity index (χ0n) is 35.6. The SMILES string of the molecule is C[C@@H]1CC[C@@]2(OC1)O[C@H]1C[C@H]3[C@@H]4CC=C5C[C@@H](O[C@@H]6O[C@H](CO)[C@@H](O[C@@H]7O[C@@H](CO)[C@H](O)[C@H]7O)[C@H](O)[C@H]6O[C@@H]6O[C@@H](C)[C@H](O)[C@@H](O)[C@H]6O)CC[C@]5(C)[C@H]4CC[C@]3(C)C1[C@@H]2C. The van der Waals surface area contributed by atoms with Gasteiger partial charge in [0.1, 0.15) is 61.0 Å². The largest absolute Gasteiger partial charge is 0.394 e. The highest BCUT2D eigenvalue weighted by molar-refractivity contribution is 5.26. The van der Waals surface area contributed by atoms with Crippen LogP contribution in [0.25, 0.3) is 0 Å². The Morgan fingerprint density at radius 2 is 1.40 bits per heavy atom. The Bertz CT molecular complexity index is 1560. The molecule has 16 heteroatoms. The molecule has 0 radical (unpaired) electrons. The van der Waals surface area contributed by atoms with Crippen LogP contribution in [0.1, 0.15) is 92.4 Å². The molecule has 342 valence electrons. The number of fused-ring (bicyclic) bond motifs is 7. The summed E-state index contributed by atoms with van der Waals surface area (Å²) in [4.78, 5) is 0. The van der Waals surface area contributed by atoms with Gasteiger partial charge in [0, 0.05) is 12.3 Å². The van der Waals surface area contributed by atoms with Gasteiger partial charge in [-0.2, -0.15) is 0 Å². The topological polar surface area (TPSA) is 236 Å². The molecular weight excluding hydrogens is 784 g/mol. The van der Waals surface area contributed by atoms with Gasteiger partial charge in [-0.15, -0.1) is 0 Å². The molecular formula is C44H70O16. The Labute approximate surface area is 352 Å². The Kier molecular flexibility index (Phi) is 12.2. The number of ether oxygens (including phenoxy) is 8. The molecule has 0 aromatic rings. The minimum atomic E-state index is -1.70. The quantitative estimate of drug-likeness (QED) is 0.158. The Morgan fingerprint density at radius 3 is 2.10 bits per heavy atom. The molecule has 5 saturated heterocycles. The van der Waals surface area contributed by atoms with E-state index in [1.165, 1.54) is 18.9 Å². The summed E-state index contributed by atoms with van der Waals surface area (Å²) in [5.41, 5.74) is 1.54. The molecule has 4 aliphatic carbocycles. The summed E-state index contributed by atoms with van der Waals surface area (Å²) in [5.74, 6) is 2.65. The van der Waals surface area contributed by atoms with Gasteiger partial charge in [0.2, 0.25) is 0 Å². The van der Waals surface area contributed by atoms with Crippen molar-refractivity contribution in [3.8, 4) is 0 Å². The third-order valence-electron chi connectivity index (χ3n) is 17.3. The lowest BCUT2D eigenvalue weighted by Crippen LogP contribution is -2.65. The van der Waals surface area contributed by atoms with Crippen molar-refractivity contribution in [2.45, 2.75) is 196 Å². The van der Waals surface area contributed by atoms with E-state index >= 15 is 0 Å². The average molecular weight is 855 g/mol. The summed E-state index contributed by atoms with van der Waals surface area (Å²) in [6.07, 6.45) is -8.79. The van der Waals surface area contributed by atoms with E-state index in [4.69, 9.17) is 37.9 Å². The van der Waals surface area contributed by atoms with Crippen LogP contribution in [-0.2, 0) is 37.9 Å². The Balaban J connectivity index is 0.913. The van der Waals surface area contributed by atoms with Crippen LogP contribution in [0, 0.1) is 46.3 Å². The highest BCUT2D eigenvalue weighted by Gasteiger charge is 2.69. The molecule has 8 fully saturated rings. The predicted molar refractivity (Wildman–Crippen MR) is 208 cm³/mol. The van der Waals surface area contributed by atoms with Crippen LogP contribution in [0.4, 0.5) is 0 Å². The van der Waals surface area contributed by atoms with E-state index in [1.807, 2.05) is 0 Å². The van der Waals surface area contributed by atoms with Crippen LogP contribution in [0.2, 0.25) is 0 Å². The second kappa shape index (κ2) is 16.5. The van der Waals surface area contributed by atoms with E-state index in [9.17, 15) is 40.9 Å². The van der Waals surface area contributed by atoms with Gasteiger partial charge >= 0.3 is 0 Å². The van der Waals surface area contributed by atoms with Gasteiger partial charge in [-0.05, 0) is 98.7 Å². The molecule has 3 saturated carbocycles. The zero-order valence-corrected chi connectivity index (χ0v) is 35.6. The lowest BCUT2D eigenvalue weighted by Gasteiger charge is -2.58. The van der Waals surface area contributed by atoms with Crippen molar-refractivity contribution in [2.24, 2.45) is 46.3 Å². The van der Waals surface area contributed by atoms with Gasteiger partial charge < -0.3 is 78.7 Å². The molecule has 8 N–H and O–H groups in total. The third kappa shape index (κ3) is 7.10. The number of rotatable bonds is 8. The van der Waals surface area contributed by atoms with Gasteiger partial charge in [-0.1, -0.05) is 39.3 Å². The maximum absolute atomic E-state index is 11.9. The van der Waals surface area contributed by atoms with E-state index in [0.717, 1.165) is 45.1 Å². The van der Waals surface area contributed by atoms with E-state index in [0.29, 0.717) is 48.3 Å². The molecule has 5 heterocycles. The summed E-state index contributed by atoms with van der Waals surface area (Å²) in [6.45, 7) is 10.7. The molecule has 0 aromatic heterocycles.